The van der Waals surface area contributed by atoms with Crippen LogP contribution in [0.5, 0.6) is 0 Å². The molecule has 1 aliphatic rings. The van der Waals surface area contributed by atoms with Gasteiger partial charge in [0, 0.05) is 19.7 Å². The van der Waals surface area contributed by atoms with Gasteiger partial charge in [0.15, 0.2) is 0 Å². The minimum atomic E-state index is -0.0619. The van der Waals surface area contributed by atoms with Gasteiger partial charge in [-0.05, 0) is 31.2 Å². The van der Waals surface area contributed by atoms with Crippen LogP contribution >= 0.6 is 11.6 Å². The average molecular weight is 348 g/mol. The molecule has 1 fully saturated rings. The maximum absolute atomic E-state index is 12.8. The normalized spacial score (nSPS) is 15.7. The van der Waals surface area contributed by atoms with Crippen LogP contribution in [-0.2, 0) is 6.54 Å². The van der Waals surface area contributed by atoms with Crippen molar-refractivity contribution in [2.24, 2.45) is 5.92 Å². The second-order valence-corrected chi connectivity index (χ2v) is 6.67. The zero-order valence-corrected chi connectivity index (χ0v) is 14.5. The number of benzene rings is 1. The second-order valence-electron chi connectivity index (χ2n) is 6.31. The number of aryl methyl sites for hydroxylation is 1. The van der Waals surface area contributed by atoms with Crippen LogP contribution in [0, 0.1) is 12.8 Å². The minimum absolute atomic E-state index is 0.0619. The van der Waals surface area contributed by atoms with Crippen LogP contribution in [0.15, 0.2) is 30.3 Å². The van der Waals surface area contributed by atoms with Crippen molar-refractivity contribution in [2.75, 3.05) is 19.7 Å². The molecule has 1 aromatic heterocycles. The summed E-state index contributed by atoms with van der Waals surface area (Å²) in [6, 6.07) is 9.92. The van der Waals surface area contributed by atoms with E-state index in [0.29, 0.717) is 42.0 Å². The fourth-order valence-electron chi connectivity index (χ4n) is 3.13. The number of rotatable bonds is 4. The molecule has 0 aliphatic carbocycles. The fraction of sp³-hybridized carbons (Fsp3) is 0.444. The molecule has 1 saturated heterocycles. The fourth-order valence-corrected chi connectivity index (χ4v) is 3.45. The highest BCUT2D eigenvalue weighted by atomic mass is 35.5. The van der Waals surface area contributed by atoms with E-state index >= 15 is 0 Å². The highest BCUT2D eigenvalue weighted by Gasteiger charge is 2.28. The van der Waals surface area contributed by atoms with Crippen LogP contribution in [0.25, 0.3) is 0 Å². The molecule has 0 spiro atoms. The number of amides is 1. The monoisotopic (exact) mass is 347 g/mol. The molecule has 0 saturated carbocycles. The van der Waals surface area contributed by atoms with Crippen molar-refractivity contribution in [1.82, 2.24) is 14.7 Å². The molecule has 0 radical (unpaired) electrons. The van der Waals surface area contributed by atoms with Crippen molar-refractivity contribution < 1.29 is 9.90 Å². The number of aliphatic hydroxyl groups excluding tert-OH is 1. The number of hydrogen-bond acceptors (Lipinski definition) is 3. The molecular formula is C18H22ClN3O2. The molecule has 0 unspecified atom stereocenters. The van der Waals surface area contributed by atoms with E-state index in [1.165, 1.54) is 0 Å². The van der Waals surface area contributed by atoms with Crippen LogP contribution in [0.2, 0.25) is 5.15 Å². The first-order chi connectivity index (χ1) is 11.6. The smallest absolute Gasteiger partial charge is 0.258 e. The van der Waals surface area contributed by atoms with Gasteiger partial charge in [0.2, 0.25) is 0 Å². The van der Waals surface area contributed by atoms with Gasteiger partial charge in [0.1, 0.15) is 5.15 Å². The molecular weight excluding hydrogens is 326 g/mol. The number of hydrogen-bond donors (Lipinski definition) is 1. The Balaban J connectivity index is 1.77. The predicted octanol–water partition coefficient (Wildman–Crippen LogP) is 2.74. The van der Waals surface area contributed by atoms with Gasteiger partial charge in [-0.15, -0.1) is 0 Å². The van der Waals surface area contributed by atoms with Crippen molar-refractivity contribution in [3.63, 3.8) is 0 Å². The van der Waals surface area contributed by atoms with E-state index in [1.807, 2.05) is 42.2 Å². The Hall–Kier alpha value is -1.85. The van der Waals surface area contributed by atoms with Crippen LogP contribution in [-0.4, -0.2) is 45.4 Å². The van der Waals surface area contributed by atoms with E-state index in [9.17, 15) is 9.90 Å². The lowest BCUT2D eigenvalue weighted by molar-refractivity contribution is 0.0650. The SMILES string of the molecule is Cc1nn(Cc2ccccc2)c(Cl)c1C(=O)N1CCC(CO)CC1. The number of halogens is 1. The van der Waals surface area contributed by atoms with Gasteiger partial charge in [0.25, 0.3) is 5.91 Å². The minimum Gasteiger partial charge on any atom is -0.396 e. The zero-order chi connectivity index (χ0) is 17.1. The molecule has 24 heavy (non-hydrogen) atoms. The molecule has 0 atom stereocenters. The third-order valence-electron chi connectivity index (χ3n) is 4.61. The summed E-state index contributed by atoms with van der Waals surface area (Å²) in [5.41, 5.74) is 2.24. The summed E-state index contributed by atoms with van der Waals surface area (Å²) in [6.45, 7) is 3.87. The molecule has 2 heterocycles. The Labute approximate surface area is 146 Å². The van der Waals surface area contributed by atoms with Gasteiger partial charge in [-0.1, -0.05) is 41.9 Å². The largest absolute Gasteiger partial charge is 0.396 e. The molecule has 0 bridgehead atoms. The third-order valence-corrected chi connectivity index (χ3v) is 5.00. The Morgan fingerprint density at radius 1 is 1.29 bits per heavy atom. The summed E-state index contributed by atoms with van der Waals surface area (Å²) in [5.74, 6) is 0.236. The van der Waals surface area contributed by atoms with Crippen molar-refractivity contribution in [3.05, 3.63) is 52.3 Å². The van der Waals surface area contributed by atoms with Gasteiger partial charge in [-0.25, -0.2) is 4.68 Å². The zero-order valence-electron chi connectivity index (χ0n) is 13.8. The summed E-state index contributed by atoms with van der Waals surface area (Å²) in [7, 11) is 0. The highest BCUT2D eigenvalue weighted by Crippen LogP contribution is 2.25. The summed E-state index contributed by atoms with van der Waals surface area (Å²) in [6.07, 6.45) is 1.66. The maximum Gasteiger partial charge on any atom is 0.258 e. The lowest BCUT2D eigenvalue weighted by Crippen LogP contribution is -2.39. The molecule has 6 heteroatoms. The molecule has 1 amide bonds. The van der Waals surface area contributed by atoms with Gasteiger partial charge in [-0.2, -0.15) is 5.10 Å². The molecule has 2 aromatic rings. The Morgan fingerprint density at radius 3 is 2.58 bits per heavy atom. The number of likely N-dealkylation sites (tertiary alicyclic amines) is 1. The van der Waals surface area contributed by atoms with E-state index in [1.54, 1.807) is 4.68 Å². The quantitative estimate of drug-likeness (QED) is 0.925. The number of carbonyl (C=O) groups excluding carboxylic acids is 1. The molecule has 1 aliphatic heterocycles. The van der Waals surface area contributed by atoms with Crippen LogP contribution in [0.3, 0.4) is 0 Å². The molecule has 3 rings (SSSR count). The van der Waals surface area contributed by atoms with Crippen LogP contribution in [0.4, 0.5) is 0 Å². The van der Waals surface area contributed by atoms with Crippen molar-refractivity contribution in [3.8, 4) is 0 Å². The summed E-state index contributed by atoms with van der Waals surface area (Å²) in [4.78, 5) is 14.6. The standard InChI is InChI=1S/C18H22ClN3O2/c1-13-16(18(24)21-9-7-15(12-23)8-10-21)17(19)22(20-13)11-14-5-3-2-4-6-14/h2-6,15,23H,7-12H2,1H3. The molecule has 5 nitrogen and oxygen atoms in total. The van der Waals surface area contributed by atoms with Crippen molar-refractivity contribution in [1.29, 1.82) is 0 Å². The third kappa shape index (κ3) is 3.47. The first-order valence-corrected chi connectivity index (χ1v) is 8.65. The summed E-state index contributed by atoms with van der Waals surface area (Å²) < 4.78 is 1.68. The number of aromatic nitrogens is 2. The van der Waals surface area contributed by atoms with Crippen LogP contribution < -0.4 is 0 Å². The molecule has 1 N–H and O–H groups in total. The van der Waals surface area contributed by atoms with Gasteiger partial charge in [0.05, 0.1) is 17.8 Å². The summed E-state index contributed by atoms with van der Waals surface area (Å²) >= 11 is 6.46. The maximum atomic E-state index is 12.8. The van der Waals surface area contributed by atoms with Crippen molar-refractivity contribution in [2.45, 2.75) is 26.3 Å². The van der Waals surface area contributed by atoms with Crippen molar-refractivity contribution >= 4 is 17.5 Å². The van der Waals surface area contributed by atoms with E-state index in [-0.39, 0.29) is 12.5 Å². The predicted molar refractivity (Wildman–Crippen MR) is 93.2 cm³/mol. The van der Waals surface area contributed by atoms with Gasteiger partial charge >= 0.3 is 0 Å². The van der Waals surface area contributed by atoms with E-state index < -0.39 is 0 Å². The molecule has 1 aromatic carbocycles. The lowest BCUT2D eigenvalue weighted by atomic mass is 9.97. The van der Waals surface area contributed by atoms with E-state index in [4.69, 9.17) is 11.6 Å². The number of nitrogens with zero attached hydrogens (tertiary/aromatic N) is 3. The van der Waals surface area contributed by atoms with E-state index in [2.05, 4.69) is 5.10 Å². The lowest BCUT2D eigenvalue weighted by Gasteiger charge is -2.31. The van der Waals surface area contributed by atoms with Gasteiger partial charge in [-0.3, -0.25) is 4.79 Å². The number of piperidine rings is 1. The Morgan fingerprint density at radius 2 is 1.96 bits per heavy atom. The molecule has 128 valence electrons. The summed E-state index contributed by atoms with van der Waals surface area (Å²) in [5, 5.41) is 14.1. The van der Waals surface area contributed by atoms with Crippen LogP contribution in [0.1, 0.15) is 34.5 Å². The van der Waals surface area contributed by atoms with E-state index in [0.717, 1.165) is 18.4 Å². The first kappa shape index (κ1) is 17.0. The number of aliphatic hydroxyl groups is 1. The first-order valence-electron chi connectivity index (χ1n) is 8.27. The Bertz CT molecular complexity index is 707. The number of carbonyl (C=O) groups is 1. The average Bonchev–Trinajstić information content (AvgIpc) is 2.89. The van der Waals surface area contributed by atoms with Gasteiger partial charge < -0.3 is 10.0 Å². The second kappa shape index (κ2) is 7.36. The topological polar surface area (TPSA) is 58.4 Å². The highest BCUT2D eigenvalue weighted by molar-refractivity contribution is 6.33. The Kier molecular flexibility index (Phi) is 5.21.